The van der Waals surface area contributed by atoms with Gasteiger partial charge < -0.3 is 10.6 Å². The van der Waals surface area contributed by atoms with E-state index in [4.69, 9.17) is 5.73 Å². The third-order valence-electron chi connectivity index (χ3n) is 4.30. The second kappa shape index (κ2) is 4.34. The second-order valence-electron chi connectivity index (χ2n) is 5.28. The van der Waals surface area contributed by atoms with E-state index in [1.54, 1.807) is 6.07 Å². The maximum absolute atomic E-state index is 11.2. The van der Waals surface area contributed by atoms with E-state index in [1.165, 1.54) is 6.20 Å². The van der Waals surface area contributed by atoms with Crippen molar-refractivity contribution in [3.63, 3.8) is 0 Å². The lowest BCUT2D eigenvalue weighted by atomic mass is 10.1. The summed E-state index contributed by atoms with van der Waals surface area (Å²) in [7, 11) is 2.13. The van der Waals surface area contributed by atoms with Gasteiger partial charge in [0, 0.05) is 31.4 Å². The van der Waals surface area contributed by atoms with Gasteiger partial charge in [0.25, 0.3) is 0 Å². The van der Waals surface area contributed by atoms with Crippen LogP contribution in [0.5, 0.6) is 0 Å². The van der Waals surface area contributed by atoms with Gasteiger partial charge in [0.05, 0.1) is 4.92 Å². The predicted octanol–water partition coefficient (Wildman–Crippen LogP) is 0.855. The van der Waals surface area contributed by atoms with Crippen LogP contribution in [0.1, 0.15) is 12.8 Å². The number of nitro groups is 1. The van der Waals surface area contributed by atoms with Crippen LogP contribution in [-0.2, 0) is 0 Å². The predicted molar refractivity (Wildman–Crippen MR) is 72.1 cm³/mol. The van der Waals surface area contributed by atoms with E-state index >= 15 is 0 Å². The highest BCUT2D eigenvalue weighted by atomic mass is 16.6. The molecule has 0 radical (unpaired) electrons. The molecule has 2 N–H and O–H groups in total. The van der Waals surface area contributed by atoms with Crippen molar-refractivity contribution in [1.29, 1.82) is 0 Å². The number of hydrogen-bond donors (Lipinski definition) is 1. The summed E-state index contributed by atoms with van der Waals surface area (Å²) in [6.07, 6.45) is 3.86. The first-order valence-electron chi connectivity index (χ1n) is 6.43. The standard InChI is InChI=1S/C12H17N5O2/c1-15-8-2-3-9(15)7-16(6-8)10-4-5-14-12(13)11(10)17(18)19/h4-5,8-9H,2-3,6-7H2,1H3,(H2,13,14). The van der Waals surface area contributed by atoms with E-state index in [1.807, 2.05) is 0 Å². The molecule has 7 nitrogen and oxygen atoms in total. The number of piperazine rings is 1. The topological polar surface area (TPSA) is 88.5 Å². The Morgan fingerprint density at radius 1 is 1.42 bits per heavy atom. The Kier molecular flexibility index (Phi) is 2.78. The SMILES string of the molecule is CN1C2CCC1CN(c1ccnc(N)c1[N+](=O)[O-])C2. The van der Waals surface area contributed by atoms with E-state index in [2.05, 4.69) is 21.8 Å². The first kappa shape index (κ1) is 12.2. The Balaban J connectivity index is 1.96. The Labute approximate surface area is 111 Å². The fourth-order valence-corrected chi connectivity index (χ4v) is 3.21. The van der Waals surface area contributed by atoms with Crippen LogP contribution in [0, 0.1) is 10.1 Å². The molecule has 19 heavy (non-hydrogen) atoms. The second-order valence-corrected chi connectivity index (χ2v) is 5.28. The van der Waals surface area contributed by atoms with Gasteiger partial charge in [-0.25, -0.2) is 4.98 Å². The molecule has 0 saturated carbocycles. The molecular formula is C12H17N5O2. The molecule has 2 bridgehead atoms. The summed E-state index contributed by atoms with van der Waals surface area (Å²) in [4.78, 5) is 19.0. The van der Waals surface area contributed by atoms with Crippen molar-refractivity contribution in [2.75, 3.05) is 30.8 Å². The van der Waals surface area contributed by atoms with Crippen molar-refractivity contribution >= 4 is 17.2 Å². The fourth-order valence-electron chi connectivity index (χ4n) is 3.21. The minimum absolute atomic E-state index is 0.00576. The third-order valence-corrected chi connectivity index (χ3v) is 4.30. The van der Waals surface area contributed by atoms with Crippen molar-refractivity contribution < 1.29 is 4.92 Å². The molecular weight excluding hydrogens is 246 g/mol. The number of nitrogen functional groups attached to an aromatic ring is 1. The van der Waals surface area contributed by atoms with E-state index in [0.717, 1.165) is 25.9 Å². The van der Waals surface area contributed by atoms with Gasteiger partial charge in [0.15, 0.2) is 0 Å². The smallest absolute Gasteiger partial charge is 0.334 e. The van der Waals surface area contributed by atoms with Gasteiger partial charge in [-0.1, -0.05) is 0 Å². The molecule has 1 aromatic heterocycles. The zero-order valence-electron chi connectivity index (χ0n) is 10.8. The Morgan fingerprint density at radius 2 is 2.05 bits per heavy atom. The molecule has 0 spiro atoms. The summed E-state index contributed by atoms with van der Waals surface area (Å²) < 4.78 is 0. The highest BCUT2D eigenvalue weighted by Crippen LogP contribution is 2.37. The molecule has 0 amide bonds. The summed E-state index contributed by atoms with van der Waals surface area (Å²) in [6.45, 7) is 1.63. The third kappa shape index (κ3) is 1.90. The lowest BCUT2D eigenvalue weighted by Gasteiger charge is -2.39. The fraction of sp³-hybridized carbons (Fsp3) is 0.583. The van der Waals surface area contributed by atoms with Crippen molar-refractivity contribution in [1.82, 2.24) is 9.88 Å². The average molecular weight is 263 g/mol. The number of nitrogens with two attached hydrogens (primary N) is 1. The van der Waals surface area contributed by atoms with Gasteiger partial charge in [-0.15, -0.1) is 0 Å². The quantitative estimate of drug-likeness (QED) is 0.628. The minimum atomic E-state index is -0.433. The number of pyridine rings is 1. The maximum Gasteiger partial charge on any atom is 0.334 e. The average Bonchev–Trinajstić information content (AvgIpc) is 2.61. The number of likely N-dealkylation sites (N-methyl/N-ethyl adjacent to an activating group) is 1. The molecule has 3 heterocycles. The van der Waals surface area contributed by atoms with Crippen LogP contribution in [0.4, 0.5) is 17.2 Å². The van der Waals surface area contributed by atoms with E-state index < -0.39 is 4.92 Å². The summed E-state index contributed by atoms with van der Waals surface area (Å²) in [5, 5.41) is 11.2. The van der Waals surface area contributed by atoms with E-state index in [9.17, 15) is 10.1 Å². The first-order valence-corrected chi connectivity index (χ1v) is 6.43. The number of rotatable bonds is 2. The Bertz CT molecular complexity index is 507. The summed E-state index contributed by atoms with van der Waals surface area (Å²) in [6, 6.07) is 2.65. The number of hydrogen-bond acceptors (Lipinski definition) is 6. The molecule has 2 unspecified atom stereocenters. The van der Waals surface area contributed by atoms with Gasteiger partial charge in [0.1, 0.15) is 5.69 Å². The number of anilines is 2. The van der Waals surface area contributed by atoms with Gasteiger partial charge in [-0.2, -0.15) is 0 Å². The molecule has 0 aromatic carbocycles. The van der Waals surface area contributed by atoms with E-state index in [-0.39, 0.29) is 11.5 Å². The van der Waals surface area contributed by atoms with E-state index in [0.29, 0.717) is 17.8 Å². The van der Waals surface area contributed by atoms with Crippen LogP contribution in [0.3, 0.4) is 0 Å². The highest BCUT2D eigenvalue weighted by Gasteiger charge is 2.39. The first-order chi connectivity index (χ1) is 9.08. The lowest BCUT2D eigenvalue weighted by Crippen LogP contribution is -2.52. The molecule has 102 valence electrons. The summed E-state index contributed by atoms with van der Waals surface area (Å²) in [5.74, 6) is -0.00576. The van der Waals surface area contributed by atoms with Crippen molar-refractivity contribution in [2.24, 2.45) is 0 Å². The van der Waals surface area contributed by atoms with Gasteiger partial charge in [0.2, 0.25) is 5.82 Å². The molecule has 7 heteroatoms. The van der Waals surface area contributed by atoms with Crippen LogP contribution < -0.4 is 10.6 Å². The van der Waals surface area contributed by atoms with Crippen LogP contribution >= 0.6 is 0 Å². The molecule has 2 aliphatic heterocycles. The van der Waals surface area contributed by atoms with Gasteiger partial charge >= 0.3 is 5.69 Å². The summed E-state index contributed by atoms with van der Waals surface area (Å²) >= 11 is 0. The largest absolute Gasteiger partial charge is 0.378 e. The molecule has 1 aromatic rings. The van der Waals surface area contributed by atoms with Crippen molar-refractivity contribution in [3.05, 3.63) is 22.4 Å². The molecule has 2 atom stereocenters. The number of nitrogens with zero attached hydrogens (tertiary/aromatic N) is 4. The Morgan fingerprint density at radius 3 is 2.63 bits per heavy atom. The van der Waals surface area contributed by atoms with Crippen LogP contribution in [-0.4, -0.2) is 47.0 Å². The normalized spacial score (nSPS) is 26.7. The molecule has 2 aliphatic rings. The zero-order valence-corrected chi connectivity index (χ0v) is 10.8. The molecule has 3 rings (SSSR count). The van der Waals surface area contributed by atoms with Gasteiger partial charge in [-0.3, -0.25) is 15.0 Å². The van der Waals surface area contributed by atoms with Crippen LogP contribution in [0.25, 0.3) is 0 Å². The maximum atomic E-state index is 11.2. The lowest BCUT2D eigenvalue weighted by molar-refractivity contribution is -0.383. The van der Waals surface area contributed by atoms with Crippen LogP contribution in [0.2, 0.25) is 0 Å². The monoisotopic (exact) mass is 263 g/mol. The molecule has 2 fully saturated rings. The molecule has 0 aliphatic carbocycles. The highest BCUT2D eigenvalue weighted by molar-refractivity contribution is 5.72. The van der Waals surface area contributed by atoms with Gasteiger partial charge in [-0.05, 0) is 26.0 Å². The number of fused-ring (bicyclic) bond motifs is 2. The number of aromatic nitrogens is 1. The molecule has 2 saturated heterocycles. The Hall–Kier alpha value is -1.89. The zero-order chi connectivity index (χ0) is 13.6. The minimum Gasteiger partial charge on any atom is -0.378 e. The van der Waals surface area contributed by atoms with Crippen molar-refractivity contribution in [2.45, 2.75) is 24.9 Å². The summed E-state index contributed by atoms with van der Waals surface area (Å²) in [5.41, 5.74) is 6.19. The van der Waals surface area contributed by atoms with Crippen LogP contribution in [0.15, 0.2) is 12.3 Å². The van der Waals surface area contributed by atoms with Crippen molar-refractivity contribution in [3.8, 4) is 0 Å².